The van der Waals surface area contributed by atoms with Crippen LogP contribution < -0.4 is 5.32 Å². The highest BCUT2D eigenvalue weighted by molar-refractivity contribution is 6.33. The SMILES string of the molecule is Cc1c(C(F)(F)F)cc(Cl)c(C2=CC=CNC2(C)F)c1[N+](=O)[O-]. The van der Waals surface area contributed by atoms with Gasteiger partial charge in [-0.15, -0.1) is 0 Å². The Morgan fingerprint density at radius 2 is 2.00 bits per heavy atom. The van der Waals surface area contributed by atoms with Gasteiger partial charge in [0, 0.05) is 11.1 Å². The van der Waals surface area contributed by atoms with E-state index in [0.29, 0.717) is 6.07 Å². The van der Waals surface area contributed by atoms with Crippen LogP contribution in [-0.4, -0.2) is 10.7 Å². The molecule has 0 radical (unpaired) electrons. The van der Waals surface area contributed by atoms with E-state index in [1.54, 1.807) is 0 Å². The van der Waals surface area contributed by atoms with Gasteiger partial charge in [0.1, 0.15) is 0 Å². The minimum Gasteiger partial charge on any atom is -0.356 e. The summed E-state index contributed by atoms with van der Waals surface area (Å²) in [6.45, 7) is 2.05. The zero-order chi connectivity index (χ0) is 17.6. The Kier molecular flexibility index (Phi) is 4.14. The molecular formula is C14H11ClF4N2O2. The third-order valence-electron chi connectivity index (χ3n) is 3.48. The maximum absolute atomic E-state index is 14.6. The van der Waals surface area contributed by atoms with Crippen LogP contribution >= 0.6 is 11.6 Å². The second kappa shape index (κ2) is 5.52. The molecule has 1 N–H and O–H groups in total. The molecule has 0 spiro atoms. The van der Waals surface area contributed by atoms with Crippen molar-refractivity contribution in [2.45, 2.75) is 25.8 Å². The van der Waals surface area contributed by atoms with E-state index >= 15 is 0 Å². The Morgan fingerprint density at radius 1 is 1.39 bits per heavy atom. The van der Waals surface area contributed by atoms with E-state index < -0.39 is 38.7 Å². The van der Waals surface area contributed by atoms with Gasteiger partial charge >= 0.3 is 6.18 Å². The summed E-state index contributed by atoms with van der Waals surface area (Å²) in [5.74, 6) is -2.21. The monoisotopic (exact) mass is 350 g/mol. The van der Waals surface area contributed by atoms with E-state index in [1.807, 2.05) is 0 Å². The molecule has 124 valence electrons. The van der Waals surface area contributed by atoms with Crippen LogP contribution in [0.15, 0.2) is 24.4 Å². The topological polar surface area (TPSA) is 55.2 Å². The summed E-state index contributed by atoms with van der Waals surface area (Å²) in [6.07, 6.45) is -0.920. The maximum atomic E-state index is 14.6. The second-order valence-electron chi connectivity index (χ2n) is 5.10. The van der Waals surface area contributed by atoms with Crippen molar-refractivity contribution in [1.82, 2.24) is 5.32 Å². The van der Waals surface area contributed by atoms with Crippen LogP contribution in [0.3, 0.4) is 0 Å². The molecule has 9 heteroatoms. The van der Waals surface area contributed by atoms with E-state index in [0.717, 1.165) is 13.8 Å². The van der Waals surface area contributed by atoms with Gasteiger partial charge in [-0.3, -0.25) is 10.1 Å². The minimum absolute atomic E-state index is 0.214. The fourth-order valence-corrected chi connectivity index (χ4v) is 2.72. The predicted molar refractivity (Wildman–Crippen MR) is 77.6 cm³/mol. The predicted octanol–water partition coefficient (Wildman–Crippen LogP) is 4.76. The van der Waals surface area contributed by atoms with Crippen molar-refractivity contribution >= 4 is 22.9 Å². The van der Waals surface area contributed by atoms with Crippen LogP contribution in [0.4, 0.5) is 23.2 Å². The summed E-state index contributed by atoms with van der Waals surface area (Å²) >= 11 is 5.85. The Labute approximate surface area is 133 Å². The fourth-order valence-electron chi connectivity index (χ4n) is 2.42. The van der Waals surface area contributed by atoms with Crippen molar-refractivity contribution in [3.63, 3.8) is 0 Å². The first-order valence-corrected chi connectivity index (χ1v) is 6.73. The Morgan fingerprint density at radius 3 is 2.48 bits per heavy atom. The van der Waals surface area contributed by atoms with Crippen LogP contribution in [-0.2, 0) is 6.18 Å². The molecule has 0 amide bonds. The van der Waals surface area contributed by atoms with Crippen LogP contribution in [0.2, 0.25) is 5.02 Å². The largest absolute Gasteiger partial charge is 0.416 e. The first-order valence-electron chi connectivity index (χ1n) is 6.36. The van der Waals surface area contributed by atoms with Gasteiger partial charge < -0.3 is 5.32 Å². The standard InChI is InChI=1S/C14H11ClF4N2O2/c1-7-9(14(17,18)19)6-10(15)11(12(7)21(22)23)8-4-3-5-20-13(8,2)16/h3-6,20H,1-2H3. The number of rotatable bonds is 2. The summed E-state index contributed by atoms with van der Waals surface area (Å²) < 4.78 is 53.6. The molecule has 0 saturated heterocycles. The van der Waals surface area contributed by atoms with Gasteiger partial charge in [-0.2, -0.15) is 13.2 Å². The van der Waals surface area contributed by atoms with Crippen molar-refractivity contribution in [1.29, 1.82) is 0 Å². The number of allylic oxidation sites excluding steroid dienone is 2. The average molecular weight is 351 g/mol. The molecule has 0 aliphatic carbocycles. The van der Waals surface area contributed by atoms with Crippen LogP contribution in [0.5, 0.6) is 0 Å². The Balaban J connectivity index is 2.85. The van der Waals surface area contributed by atoms with Crippen molar-refractivity contribution in [2.24, 2.45) is 0 Å². The highest BCUT2D eigenvalue weighted by Gasteiger charge is 2.41. The number of alkyl halides is 4. The molecule has 1 aliphatic rings. The zero-order valence-corrected chi connectivity index (χ0v) is 12.7. The van der Waals surface area contributed by atoms with Gasteiger partial charge in [0.2, 0.25) is 5.79 Å². The summed E-state index contributed by atoms with van der Waals surface area (Å²) in [4.78, 5) is 10.3. The Hall–Kier alpha value is -2.09. The number of halogens is 5. The quantitative estimate of drug-likeness (QED) is 0.362. The van der Waals surface area contributed by atoms with E-state index in [1.165, 1.54) is 18.4 Å². The van der Waals surface area contributed by atoms with Gasteiger partial charge in [-0.05, 0) is 32.2 Å². The number of hydrogen-bond donors (Lipinski definition) is 1. The van der Waals surface area contributed by atoms with Crippen molar-refractivity contribution in [3.05, 3.63) is 56.2 Å². The molecule has 23 heavy (non-hydrogen) atoms. The maximum Gasteiger partial charge on any atom is 0.416 e. The lowest BCUT2D eigenvalue weighted by Crippen LogP contribution is -2.37. The number of nitrogens with one attached hydrogen (secondary N) is 1. The van der Waals surface area contributed by atoms with E-state index in [9.17, 15) is 27.7 Å². The fraction of sp³-hybridized carbons (Fsp3) is 0.286. The third-order valence-corrected chi connectivity index (χ3v) is 3.78. The number of nitro groups is 1. The summed E-state index contributed by atoms with van der Waals surface area (Å²) in [5.41, 5.74) is -3.29. The Bertz CT molecular complexity index is 739. The van der Waals surface area contributed by atoms with Crippen molar-refractivity contribution < 1.29 is 22.5 Å². The van der Waals surface area contributed by atoms with Crippen LogP contribution in [0.1, 0.15) is 23.6 Å². The van der Waals surface area contributed by atoms with Gasteiger partial charge in [0.25, 0.3) is 5.69 Å². The van der Waals surface area contributed by atoms with E-state index in [-0.39, 0.29) is 11.1 Å². The van der Waals surface area contributed by atoms with Gasteiger partial charge in [-0.1, -0.05) is 17.7 Å². The minimum atomic E-state index is -4.81. The lowest BCUT2D eigenvalue weighted by atomic mass is 9.90. The second-order valence-corrected chi connectivity index (χ2v) is 5.50. The lowest BCUT2D eigenvalue weighted by molar-refractivity contribution is -0.385. The van der Waals surface area contributed by atoms with Crippen molar-refractivity contribution in [3.8, 4) is 0 Å². The number of nitro benzene ring substituents is 1. The number of dihydropyridines is 1. The van der Waals surface area contributed by atoms with Gasteiger partial charge in [0.05, 0.1) is 21.1 Å². The molecular weight excluding hydrogens is 340 g/mol. The molecule has 0 saturated carbocycles. The molecule has 1 aromatic carbocycles. The summed E-state index contributed by atoms with van der Waals surface area (Å²) in [5, 5.41) is 13.1. The molecule has 0 aromatic heterocycles. The highest BCUT2D eigenvalue weighted by atomic mass is 35.5. The molecule has 1 atom stereocenters. The molecule has 1 aromatic rings. The summed E-state index contributed by atoms with van der Waals surface area (Å²) in [6, 6.07) is 0.578. The van der Waals surface area contributed by atoms with Crippen LogP contribution in [0.25, 0.3) is 5.57 Å². The normalized spacial score (nSPS) is 20.9. The molecule has 1 heterocycles. The number of nitrogens with zero attached hydrogens (tertiary/aromatic N) is 1. The molecule has 4 nitrogen and oxygen atoms in total. The van der Waals surface area contributed by atoms with Gasteiger partial charge in [-0.25, -0.2) is 4.39 Å². The third kappa shape index (κ3) is 3.03. The average Bonchev–Trinajstić information content (AvgIpc) is 2.39. The van der Waals surface area contributed by atoms with E-state index in [2.05, 4.69) is 5.32 Å². The molecule has 1 aliphatic heterocycles. The first-order chi connectivity index (χ1) is 10.5. The van der Waals surface area contributed by atoms with E-state index in [4.69, 9.17) is 11.6 Å². The number of hydrogen-bond acceptors (Lipinski definition) is 3. The highest BCUT2D eigenvalue weighted by Crippen LogP contribution is 2.46. The van der Waals surface area contributed by atoms with Crippen molar-refractivity contribution in [2.75, 3.05) is 0 Å². The molecule has 1 unspecified atom stereocenters. The van der Waals surface area contributed by atoms with Gasteiger partial charge in [0.15, 0.2) is 0 Å². The first kappa shape index (κ1) is 17.3. The van der Waals surface area contributed by atoms with Crippen LogP contribution in [0, 0.1) is 17.0 Å². The molecule has 2 rings (SSSR count). The molecule has 0 bridgehead atoms. The smallest absolute Gasteiger partial charge is 0.356 e. The zero-order valence-electron chi connectivity index (χ0n) is 12.0. The number of benzene rings is 1. The lowest BCUT2D eigenvalue weighted by Gasteiger charge is -2.28. The summed E-state index contributed by atoms with van der Waals surface area (Å²) in [7, 11) is 0. The molecule has 0 fully saturated rings.